The number of rotatable bonds is 7. The topological polar surface area (TPSA) is 121 Å². The zero-order valence-corrected chi connectivity index (χ0v) is 33.3. The lowest BCUT2D eigenvalue weighted by molar-refractivity contribution is -0.136. The number of amides is 5. The monoisotopic (exact) mass is 802 g/mol. The zero-order valence-electron chi connectivity index (χ0n) is 32.5. The van der Waals surface area contributed by atoms with Gasteiger partial charge in [0.25, 0.3) is 17.7 Å². The highest BCUT2D eigenvalue weighted by molar-refractivity contribution is 6.33. The third-order valence-corrected chi connectivity index (χ3v) is 13.7. The molecule has 0 bridgehead atoms. The maximum absolute atomic E-state index is 13.6. The summed E-state index contributed by atoms with van der Waals surface area (Å²) in [6.45, 7) is 17.1. The van der Waals surface area contributed by atoms with Crippen molar-refractivity contribution in [3.05, 3.63) is 93.8 Å². The molecule has 6 aliphatic rings. The SMILES string of the molecule is [C-]#[N+]c1ccc(N2CCC3(CCN(C(=O)c4ccc(N5CCN(C[C@H]6CCN(c7ccc8c(c7)C(=O)N(C7CCC(=O)NC7=O)C8=O)C6)CC5)cc4)CC3)C2)cc1Cl. The average molecular weight is 803 g/mol. The first-order chi connectivity index (χ1) is 28.1. The van der Waals surface area contributed by atoms with E-state index >= 15 is 0 Å². The molecule has 6 heterocycles. The first-order valence-electron chi connectivity index (χ1n) is 20.5. The molecule has 58 heavy (non-hydrogen) atoms. The van der Waals surface area contributed by atoms with Crippen molar-refractivity contribution in [1.29, 1.82) is 0 Å². The summed E-state index contributed by atoms with van der Waals surface area (Å²) in [4.78, 5) is 80.2. The van der Waals surface area contributed by atoms with Crippen molar-refractivity contribution in [2.45, 2.75) is 44.6 Å². The molecule has 3 aromatic rings. The summed E-state index contributed by atoms with van der Waals surface area (Å²) in [5.41, 5.74) is 5.12. The van der Waals surface area contributed by atoms with Crippen LogP contribution in [0.4, 0.5) is 22.7 Å². The molecular weight excluding hydrogens is 756 g/mol. The van der Waals surface area contributed by atoms with Crippen LogP contribution in [0, 0.1) is 17.9 Å². The normalized spacial score (nSPS) is 23.5. The van der Waals surface area contributed by atoms with E-state index < -0.39 is 23.8 Å². The molecule has 13 nitrogen and oxygen atoms in total. The Hall–Kier alpha value is -5.45. The fraction of sp³-hybridized carbons (Fsp3) is 0.455. The van der Waals surface area contributed by atoms with Gasteiger partial charge in [0.2, 0.25) is 17.5 Å². The molecule has 0 radical (unpaired) electrons. The Balaban J connectivity index is 0.728. The van der Waals surface area contributed by atoms with Gasteiger partial charge in [-0.15, -0.1) is 0 Å². The van der Waals surface area contributed by atoms with Crippen LogP contribution >= 0.6 is 11.6 Å². The minimum absolute atomic E-state index is 0.0947. The molecule has 5 saturated heterocycles. The van der Waals surface area contributed by atoms with Crippen LogP contribution in [-0.4, -0.2) is 122 Å². The number of hydrogen-bond acceptors (Lipinski definition) is 9. The van der Waals surface area contributed by atoms with E-state index in [9.17, 15) is 24.0 Å². The average Bonchev–Trinajstić information content (AvgIpc) is 3.95. The second-order valence-electron chi connectivity index (χ2n) is 16.8. The Morgan fingerprint density at radius 2 is 1.45 bits per heavy atom. The number of nitrogens with zero attached hydrogens (tertiary/aromatic N) is 7. The summed E-state index contributed by atoms with van der Waals surface area (Å²) in [6.07, 6.45) is 4.32. The van der Waals surface area contributed by atoms with Crippen molar-refractivity contribution >= 4 is 63.9 Å². The Morgan fingerprint density at radius 3 is 2.17 bits per heavy atom. The summed E-state index contributed by atoms with van der Waals surface area (Å²) in [5.74, 6) is -1.38. The lowest BCUT2D eigenvalue weighted by atomic mass is 9.77. The number of piperidine rings is 2. The lowest BCUT2D eigenvalue weighted by Crippen LogP contribution is -2.54. The first kappa shape index (κ1) is 38.1. The molecule has 0 aromatic heterocycles. The quantitative estimate of drug-likeness (QED) is 0.258. The van der Waals surface area contributed by atoms with Gasteiger partial charge in [0.15, 0.2) is 0 Å². The second-order valence-corrected chi connectivity index (χ2v) is 17.2. The highest BCUT2D eigenvalue weighted by Crippen LogP contribution is 2.43. The molecule has 5 fully saturated rings. The van der Waals surface area contributed by atoms with Gasteiger partial charge < -0.3 is 19.6 Å². The van der Waals surface area contributed by atoms with Crippen molar-refractivity contribution in [2.24, 2.45) is 11.3 Å². The van der Waals surface area contributed by atoms with E-state index in [2.05, 4.69) is 41.9 Å². The molecular formula is C44H47ClN8O5. The largest absolute Gasteiger partial charge is 0.371 e. The van der Waals surface area contributed by atoms with E-state index in [-0.39, 0.29) is 30.1 Å². The molecule has 1 unspecified atom stereocenters. The van der Waals surface area contributed by atoms with Gasteiger partial charge in [-0.05, 0) is 98.0 Å². The number of nitrogens with one attached hydrogen (secondary N) is 1. The van der Waals surface area contributed by atoms with Crippen LogP contribution in [0.3, 0.4) is 0 Å². The van der Waals surface area contributed by atoms with Crippen LogP contribution in [0.25, 0.3) is 4.85 Å². The Labute approximate surface area is 343 Å². The summed E-state index contributed by atoms with van der Waals surface area (Å²) in [7, 11) is 0. The van der Waals surface area contributed by atoms with Crippen LogP contribution in [0.15, 0.2) is 60.7 Å². The maximum Gasteiger partial charge on any atom is 0.262 e. The highest BCUT2D eigenvalue weighted by Gasteiger charge is 2.45. The smallest absolute Gasteiger partial charge is 0.262 e. The molecule has 300 valence electrons. The number of carbonyl (C=O) groups excluding carboxylic acids is 5. The summed E-state index contributed by atoms with van der Waals surface area (Å²) >= 11 is 6.33. The molecule has 2 atom stereocenters. The number of fused-ring (bicyclic) bond motifs is 1. The molecule has 5 amide bonds. The standard InChI is InChI=1S/C44H47ClN8O5/c1-46-37-9-7-33(25-36(37)45)52-19-15-44(28-52)13-17-50(18-14-44)41(56)30-2-4-31(5-3-30)49-22-20-48(21-23-49)26-29-12-16-51(27-29)32-6-8-34-35(24-32)43(58)53(42(34)57)38-10-11-39(54)47-40(38)55/h2-9,24-25,29,38H,10-23,26-28H2,(H,47,54,55)/t29-,38?/m1/s1. The number of halogens is 1. The van der Waals surface area contributed by atoms with Gasteiger partial charge in [-0.1, -0.05) is 17.7 Å². The number of imide groups is 2. The van der Waals surface area contributed by atoms with Crippen molar-refractivity contribution in [3.63, 3.8) is 0 Å². The van der Waals surface area contributed by atoms with Gasteiger partial charge in [-0.25, -0.2) is 4.85 Å². The Kier molecular flexibility index (Phi) is 10.1. The predicted molar refractivity (Wildman–Crippen MR) is 221 cm³/mol. The maximum atomic E-state index is 13.6. The number of piperazine rings is 1. The second kappa shape index (κ2) is 15.4. The fourth-order valence-corrected chi connectivity index (χ4v) is 10.2. The molecule has 1 N–H and O–H groups in total. The predicted octanol–water partition coefficient (Wildman–Crippen LogP) is 5.07. The number of benzene rings is 3. The molecule has 9 rings (SSSR count). The molecule has 0 saturated carbocycles. The minimum Gasteiger partial charge on any atom is -0.371 e. The Bertz CT molecular complexity index is 2210. The van der Waals surface area contributed by atoms with Gasteiger partial charge in [0, 0.05) is 106 Å². The number of likely N-dealkylation sites (tertiary alicyclic amines) is 1. The third-order valence-electron chi connectivity index (χ3n) is 13.4. The van der Waals surface area contributed by atoms with Crippen molar-refractivity contribution in [2.75, 3.05) is 86.7 Å². The highest BCUT2D eigenvalue weighted by atomic mass is 35.5. The van der Waals surface area contributed by atoms with E-state index in [1.165, 1.54) is 0 Å². The lowest BCUT2D eigenvalue weighted by Gasteiger charge is -2.39. The van der Waals surface area contributed by atoms with Crippen molar-refractivity contribution < 1.29 is 24.0 Å². The van der Waals surface area contributed by atoms with Gasteiger partial charge in [-0.3, -0.25) is 39.1 Å². The van der Waals surface area contributed by atoms with Crippen molar-refractivity contribution in [3.8, 4) is 0 Å². The number of hydrogen-bond donors (Lipinski definition) is 1. The van der Waals surface area contributed by atoms with Gasteiger partial charge in [0.1, 0.15) is 6.04 Å². The van der Waals surface area contributed by atoms with Gasteiger partial charge in [-0.2, -0.15) is 0 Å². The minimum atomic E-state index is -0.970. The summed E-state index contributed by atoms with van der Waals surface area (Å²) < 4.78 is 0. The van der Waals surface area contributed by atoms with E-state index in [4.69, 9.17) is 18.2 Å². The van der Waals surface area contributed by atoms with Crippen LogP contribution in [-0.2, 0) is 9.59 Å². The zero-order chi connectivity index (χ0) is 40.1. The van der Waals surface area contributed by atoms with E-state index in [1.807, 2.05) is 35.2 Å². The number of carbonyl (C=O) groups is 5. The fourth-order valence-electron chi connectivity index (χ4n) is 9.95. The van der Waals surface area contributed by atoms with E-state index in [0.717, 1.165) is 125 Å². The molecule has 1 spiro atoms. The van der Waals surface area contributed by atoms with E-state index in [0.29, 0.717) is 27.8 Å². The van der Waals surface area contributed by atoms with Crippen LogP contribution in [0.2, 0.25) is 5.02 Å². The van der Waals surface area contributed by atoms with Gasteiger partial charge in [0.05, 0.1) is 17.7 Å². The van der Waals surface area contributed by atoms with Crippen LogP contribution in [0.1, 0.15) is 69.6 Å². The first-order valence-corrected chi connectivity index (χ1v) is 20.8. The Morgan fingerprint density at radius 1 is 0.759 bits per heavy atom. The molecule has 0 aliphatic carbocycles. The summed E-state index contributed by atoms with van der Waals surface area (Å²) in [6, 6.07) is 18.2. The number of anilines is 3. The summed E-state index contributed by atoms with van der Waals surface area (Å²) in [5, 5.41) is 2.75. The molecule has 6 aliphatic heterocycles. The van der Waals surface area contributed by atoms with Crippen LogP contribution < -0.4 is 20.0 Å². The van der Waals surface area contributed by atoms with Crippen molar-refractivity contribution in [1.82, 2.24) is 20.0 Å². The van der Waals surface area contributed by atoms with E-state index in [1.54, 1.807) is 18.2 Å². The molecule has 3 aromatic carbocycles. The third kappa shape index (κ3) is 7.17. The molecule has 14 heteroatoms. The van der Waals surface area contributed by atoms with Gasteiger partial charge >= 0.3 is 0 Å². The van der Waals surface area contributed by atoms with Crippen LogP contribution in [0.5, 0.6) is 0 Å².